The number of nitrogens with zero attached hydrogens (tertiary/aromatic N) is 2. The van der Waals surface area contributed by atoms with Crippen molar-refractivity contribution < 1.29 is 4.79 Å². The fraction of sp³-hybridized carbons (Fsp3) is 0.643. The Morgan fingerprint density at radius 2 is 1.89 bits per heavy atom. The van der Waals surface area contributed by atoms with E-state index in [4.69, 9.17) is 0 Å². The Morgan fingerprint density at radius 3 is 2.67 bits per heavy atom. The molecule has 1 aliphatic carbocycles. The van der Waals surface area contributed by atoms with Crippen LogP contribution in [0.3, 0.4) is 0 Å². The van der Waals surface area contributed by atoms with Crippen LogP contribution in [0.15, 0.2) is 5.38 Å². The van der Waals surface area contributed by atoms with Gasteiger partial charge in [0, 0.05) is 36.4 Å². The van der Waals surface area contributed by atoms with Gasteiger partial charge in [-0.2, -0.15) is 0 Å². The summed E-state index contributed by atoms with van der Waals surface area (Å²) in [6.07, 6.45) is 4.81. The van der Waals surface area contributed by atoms with E-state index in [1.807, 2.05) is 4.90 Å². The molecule has 0 spiro atoms. The van der Waals surface area contributed by atoms with E-state index in [2.05, 4.69) is 17.3 Å². The van der Waals surface area contributed by atoms with Crippen LogP contribution in [0, 0.1) is 0 Å². The summed E-state index contributed by atoms with van der Waals surface area (Å²) in [5.41, 5.74) is 2.36. The zero-order valence-electron chi connectivity index (χ0n) is 10.9. The number of likely N-dealkylation sites (N-methyl/N-ethyl adjacent to an activating group) is 1. The standard InChI is InChI=1S/C14H20N2OS/c1-15-6-8-16(9-7-15)14(17)12-10-18-13-5-3-2-4-11(12)13/h10H,2-9H2,1H3. The fourth-order valence-electron chi connectivity index (χ4n) is 2.85. The fourth-order valence-corrected chi connectivity index (χ4v) is 3.97. The van der Waals surface area contributed by atoms with Crippen LogP contribution in [0.4, 0.5) is 0 Å². The van der Waals surface area contributed by atoms with Crippen molar-refractivity contribution in [2.45, 2.75) is 25.7 Å². The summed E-state index contributed by atoms with van der Waals surface area (Å²) in [7, 11) is 2.12. The topological polar surface area (TPSA) is 23.6 Å². The van der Waals surface area contributed by atoms with Crippen LogP contribution in [0.5, 0.6) is 0 Å². The minimum Gasteiger partial charge on any atom is -0.336 e. The largest absolute Gasteiger partial charge is 0.336 e. The molecule has 3 rings (SSSR count). The Kier molecular flexibility index (Phi) is 3.39. The van der Waals surface area contributed by atoms with E-state index in [0.717, 1.165) is 38.2 Å². The molecule has 0 N–H and O–H groups in total. The van der Waals surface area contributed by atoms with Gasteiger partial charge >= 0.3 is 0 Å². The molecule has 2 aliphatic rings. The first-order valence-corrected chi connectivity index (χ1v) is 7.71. The first-order chi connectivity index (χ1) is 8.75. The van der Waals surface area contributed by atoms with Gasteiger partial charge in [-0.05, 0) is 38.3 Å². The van der Waals surface area contributed by atoms with Crippen LogP contribution >= 0.6 is 11.3 Å². The second-order valence-electron chi connectivity index (χ2n) is 5.35. The Morgan fingerprint density at radius 1 is 1.17 bits per heavy atom. The summed E-state index contributed by atoms with van der Waals surface area (Å²) in [4.78, 5) is 18.3. The van der Waals surface area contributed by atoms with Crippen LogP contribution in [0.2, 0.25) is 0 Å². The minimum atomic E-state index is 0.266. The molecule has 1 amide bonds. The molecular weight excluding hydrogens is 244 g/mol. The number of hydrogen-bond acceptors (Lipinski definition) is 3. The molecule has 2 heterocycles. The van der Waals surface area contributed by atoms with Gasteiger partial charge in [0.05, 0.1) is 5.56 Å². The number of fused-ring (bicyclic) bond motifs is 1. The zero-order chi connectivity index (χ0) is 12.5. The van der Waals surface area contributed by atoms with Gasteiger partial charge in [0.15, 0.2) is 0 Å². The van der Waals surface area contributed by atoms with Gasteiger partial charge in [-0.3, -0.25) is 4.79 Å². The number of amides is 1. The first-order valence-electron chi connectivity index (χ1n) is 6.83. The second kappa shape index (κ2) is 5.02. The van der Waals surface area contributed by atoms with Crippen LogP contribution < -0.4 is 0 Å². The Bertz CT molecular complexity index is 447. The number of hydrogen-bond donors (Lipinski definition) is 0. The lowest BCUT2D eigenvalue weighted by atomic mass is 9.95. The average molecular weight is 264 g/mol. The van der Waals surface area contributed by atoms with Crippen molar-refractivity contribution >= 4 is 17.2 Å². The van der Waals surface area contributed by atoms with Gasteiger partial charge in [0.2, 0.25) is 0 Å². The molecule has 1 fully saturated rings. The van der Waals surface area contributed by atoms with Gasteiger partial charge in [0.25, 0.3) is 5.91 Å². The second-order valence-corrected chi connectivity index (χ2v) is 6.32. The molecule has 0 aromatic carbocycles. The molecular formula is C14H20N2OS. The molecule has 1 aromatic heterocycles. The van der Waals surface area contributed by atoms with Crippen molar-refractivity contribution in [3.8, 4) is 0 Å². The molecule has 0 bridgehead atoms. The molecule has 1 aliphatic heterocycles. The third-order valence-electron chi connectivity index (χ3n) is 4.08. The Balaban J connectivity index is 1.78. The molecule has 1 aromatic rings. The molecule has 0 radical (unpaired) electrons. The van der Waals surface area contributed by atoms with Crippen molar-refractivity contribution in [3.63, 3.8) is 0 Å². The van der Waals surface area contributed by atoms with Gasteiger partial charge in [-0.25, -0.2) is 0 Å². The third kappa shape index (κ3) is 2.19. The number of aryl methyl sites for hydroxylation is 1. The Labute approximate surface area is 112 Å². The number of rotatable bonds is 1. The summed E-state index contributed by atoms with van der Waals surface area (Å²) >= 11 is 1.79. The maximum Gasteiger partial charge on any atom is 0.255 e. The van der Waals surface area contributed by atoms with Crippen LogP contribution in [0.25, 0.3) is 0 Å². The number of carbonyl (C=O) groups is 1. The van der Waals surface area contributed by atoms with E-state index in [1.54, 1.807) is 11.3 Å². The molecule has 18 heavy (non-hydrogen) atoms. The summed E-state index contributed by atoms with van der Waals surface area (Å²) < 4.78 is 0. The lowest BCUT2D eigenvalue weighted by Crippen LogP contribution is -2.47. The van der Waals surface area contributed by atoms with Gasteiger partial charge in [-0.15, -0.1) is 11.3 Å². The normalized spacial score (nSPS) is 20.8. The smallest absolute Gasteiger partial charge is 0.255 e. The maximum atomic E-state index is 12.6. The van der Waals surface area contributed by atoms with Crippen molar-refractivity contribution in [3.05, 3.63) is 21.4 Å². The van der Waals surface area contributed by atoms with E-state index in [1.165, 1.54) is 29.7 Å². The SMILES string of the molecule is CN1CCN(C(=O)c2csc3c2CCCC3)CC1. The van der Waals surface area contributed by atoms with Crippen molar-refractivity contribution in [2.24, 2.45) is 0 Å². The minimum absolute atomic E-state index is 0.266. The van der Waals surface area contributed by atoms with Crippen molar-refractivity contribution in [1.82, 2.24) is 9.80 Å². The van der Waals surface area contributed by atoms with Gasteiger partial charge in [0.1, 0.15) is 0 Å². The van der Waals surface area contributed by atoms with E-state index in [0.29, 0.717) is 0 Å². The van der Waals surface area contributed by atoms with Crippen LogP contribution in [-0.4, -0.2) is 48.9 Å². The highest BCUT2D eigenvalue weighted by molar-refractivity contribution is 7.10. The van der Waals surface area contributed by atoms with Crippen molar-refractivity contribution in [1.29, 1.82) is 0 Å². The summed E-state index contributed by atoms with van der Waals surface area (Å²) in [6.45, 7) is 3.75. The van der Waals surface area contributed by atoms with E-state index in [9.17, 15) is 4.79 Å². The molecule has 0 atom stereocenters. The van der Waals surface area contributed by atoms with Gasteiger partial charge < -0.3 is 9.80 Å². The predicted octanol–water partition coefficient (Wildman–Crippen LogP) is 2.01. The Hall–Kier alpha value is -0.870. The highest BCUT2D eigenvalue weighted by atomic mass is 32.1. The first kappa shape index (κ1) is 12.2. The maximum absolute atomic E-state index is 12.6. The van der Waals surface area contributed by atoms with Gasteiger partial charge in [-0.1, -0.05) is 0 Å². The lowest BCUT2D eigenvalue weighted by Gasteiger charge is -2.32. The molecule has 1 saturated heterocycles. The highest BCUT2D eigenvalue weighted by Gasteiger charge is 2.25. The number of thiophene rings is 1. The van der Waals surface area contributed by atoms with E-state index in [-0.39, 0.29) is 5.91 Å². The molecule has 0 unspecified atom stereocenters. The molecule has 98 valence electrons. The van der Waals surface area contributed by atoms with E-state index >= 15 is 0 Å². The average Bonchev–Trinajstić information content (AvgIpc) is 2.82. The summed E-state index contributed by atoms with van der Waals surface area (Å²) in [5, 5.41) is 2.09. The molecule has 4 heteroatoms. The number of carbonyl (C=O) groups excluding carboxylic acids is 1. The predicted molar refractivity (Wildman–Crippen MR) is 74.4 cm³/mol. The highest BCUT2D eigenvalue weighted by Crippen LogP contribution is 2.31. The van der Waals surface area contributed by atoms with Crippen molar-refractivity contribution in [2.75, 3.05) is 33.2 Å². The van der Waals surface area contributed by atoms with Crippen LogP contribution in [-0.2, 0) is 12.8 Å². The zero-order valence-corrected chi connectivity index (χ0v) is 11.8. The lowest BCUT2D eigenvalue weighted by molar-refractivity contribution is 0.0663. The molecule has 0 saturated carbocycles. The number of piperazine rings is 1. The van der Waals surface area contributed by atoms with E-state index < -0.39 is 0 Å². The summed E-state index contributed by atoms with van der Waals surface area (Å²) in [5.74, 6) is 0.266. The summed E-state index contributed by atoms with van der Waals surface area (Å²) in [6, 6.07) is 0. The molecule has 3 nitrogen and oxygen atoms in total. The monoisotopic (exact) mass is 264 g/mol. The third-order valence-corrected chi connectivity index (χ3v) is 5.17. The van der Waals surface area contributed by atoms with Crippen LogP contribution in [0.1, 0.15) is 33.6 Å². The quantitative estimate of drug-likeness (QED) is 0.775.